The second-order valence-electron chi connectivity index (χ2n) is 6.03. The number of methoxy groups -OCH3 is 2. The molecule has 0 N–H and O–H groups in total. The smallest absolute Gasteiger partial charge is 0.210 e. The molecule has 2 aromatic carbocycles. The van der Waals surface area contributed by atoms with Gasteiger partial charge in [-0.25, -0.2) is 0 Å². The SMILES string of the molecule is COc1cc2c3c(c1OC)-c1ccccc1C[C@H]3N(C=O)CC2. The molecule has 0 aromatic heterocycles. The topological polar surface area (TPSA) is 38.8 Å². The van der Waals surface area contributed by atoms with Crippen molar-refractivity contribution in [3.8, 4) is 22.6 Å². The molecular formula is C19H19NO3. The highest BCUT2D eigenvalue weighted by Gasteiger charge is 2.36. The van der Waals surface area contributed by atoms with Gasteiger partial charge >= 0.3 is 0 Å². The molecule has 1 heterocycles. The molecule has 1 amide bonds. The average Bonchev–Trinajstić information content (AvgIpc) is 2.61. The van der Waals surface area contributed by atoms with Gasteiger partial charge in [-0.2, -0.15) is 0 Å². The Labute approximate surface area is 135 Å². The van der Waals surface area contributed by atoms with Gasteiger partial charge in [-0.15, -0.1) is 0 Å². The molecule has 4 heteroatoms. The predicted octanol–water partition coefficient (Wildman–Crippen LogP) is 2.98. The third-order valence-corrected chi connectivity index (χ3v) is 5.00. The largest absolute Gasteiger partial charge is 0.493 e. The van der Waals surface area contributed by atoms with Gasteiger partial charge in [-0.05, 0) is 41.2 Å². The lowest BCUT2D eigenvalue weighted by atomic mass is 9.76. The van der Waals surface area contributed by atoms with Gasteiger partial charge in [0.25, 0.3) is 0 Å². The fourth-order valence-electron chi connectivity index (χ4n) is 3.98. The van der Waals surface area contributed by atoms with Crippen molar-refractivity contribution in [3.05, 3.63) is 47.0 Å². The van der Waals surface area contributed by atoms with Crippen LogP contribution in [0.2, 0.25) is 0 Å². The van der Waals surface area contributed by atoms with Crippen LogP contribution in [0.25, 0.3) is 11.1 Å². The zero-order valence-electron chi connectivity index (χ0n) is 13.3. The zero-order chi connectivity index (χ0) is 16.0. The zero-order valence-corrected chi connectivity index (χ0v) is 13.3. The molecule has 118 valence electrons. The molecule has 0 unspecified atom stereocenters. The van der Waals surface area contributed by atoms with Crippen LogP contribution in [-0.4, -0.2) is 32.1 Å². The Balaban J connectivity index is 2.07. The van der Waals surface area contributed by atoms with Crippen LogP contribution >= 0.6 is 0 Å². The fraction of sp³-hybridized carbons (Fsp3) is 0.316. The summed E-state index contributed by atoms with van der Waals surface area (Å²) in [5, 5.41) is 0. The highest BCUT2D eigenvalue weighted by Crippen LogP contribution is 2.52. The quantitative estimate of drug-likeness (QED) is 0.818. The summed E-state index contributed by atoms with van der Waals surface area (Å²) in [5.41, 5.74) is 6.00. The number of amides is 1. The minimum absolute atomic E-state index is 0.0842. The Hall–Kier alpha value is -2.49. The number of benzene rings is 2. The molecule has 2 aliphatic rings. The van der Waals surface area contributed by atoms with E-state index < -0.39 is 0 Å². The first kappa shape index (κ1) is 14.1. The normalized spacial score (nSPS) is 18.0. The van der Waals surface area contributed by atoms with Gasteiger partial charge in [-0.3, -0.25) is 4.79 Å². The van der Waals surface area contributed by atoms with Crippen LogP contribution in [0.4, 0.5) is 0 Å². The van der Waals surface area contributed by atoms with E-state index in [9.17, 15) is 4.79 Å². The van der Waals surface area contributed by atoms with E-state index in [4.69, 9.17) is 9.47 Å². The van der Waals surface area contributed by atoms with Gasteiger partial charge in [-0.1, -0.05) is 24.3 Å². The second-order valence-corrected chi connectivity index (χ2v) is 6.03. The van der Waals surface area contributed by atoms with E-state index in [2.05, 4.69) is 18.2 Å². The van der Waals surface area contributed by atoms with Crippen molar-refractivity contribution in [1.29, 1.82) is 0 Å². The van der Waals surface area contributed by atoms with Crippen molar-refractivity contribution in [2.45, 2.75) is 18.9 Å². The predicted molar refractivity (Wildman–Crippen MR) is 87.9 cm³/mol. The van der Waals surface area contributed by atoms with E-state index in [-0.39, 0.29) is 6.04 Å². The van der Waals surface area contributed by atoms with Crippen LogP contribution in [0.1, 0.15) is 22.7 Å². The third kappa shape index (κ3) is 1.94. The van der Waals surface area contributed by atoms with Crippen molar-refractivity contribution < 1.29 is 14.3 Å². The van der Waals surface area contributed by atoms with Crippen molar-refractivity contribution in [2.75, 3.05) is 20.8 Å². The van der Waals surface area contributed by atoms with E-state index in [1.165, 1.54) is 22.3 Å². The summed E-state index contributed by atoms with van der Waals surface area (Å²) in [6.45, 7) is 0.748. The molecule has 0 fully saturated rings. The Bertz CT molecular complexity index is 784. The lowest BCUT2D eigenvalue weighted by molar-refractivity contribution is -0.120. The van der Waals surface area contributed by atoms with Crippen molar-refractivity contribution in [1.82, 2.24) is 4.90 Å². The van der Waals surface area contributed by atoms with Gasteiger partial charge in [0.1, 0.15) is 0 Å². The minimum Gasteiger partial charge on any atom is -0.493 e. The van der Waals surface area contributed by atoms with Gasteiger partial charge in [0.2, 0.25) is 6.41 Å². The van der Waals surface area contributed by atoms with Gasteiger partial charge in [0.05, 0.1) is 20.3 Å². The molecule has 23 heavy (non-hydrogen) atoms. The molecule has 2 aromatic rings. The highest BCUT2D eigenvalue weighted by molar-refractivity contribution is 5.84. The monoisotopic (exact) mass is 309 g/mol. The second kappa shape index (κ2) is 5.30. The van der Waals surface area contributed by atoms with Gasteiger partial charge in [0, 0.05) is 12.1 Å². The standard InChI is InChI=1S/C19H19NO3/c1-22-16-10-13-7-8-20(11-21)15-9-12-5-3-4-6-14(12)18(17(13)15)19(16)23-2/h3-6,10-11,15H,7-9H2,1-2H3/t15-/m1/s1. The molecule has 4 rings (SSSR count). The summed E-state index contributed by atoms with van der Waals surface area (Å²) in [7, 11) is 3.34. The van der Waals surface area contributed by atoms with E-state index in [0.29, 0.717) is 0 Å². The van der Waals surface area contributed by atoms with Crippen molar-refractivity contribution in [3.63, 3.8) is 0 Å². The van der Waals surface area contributed by atoms with Gasteiger partial charge in [0.15, 0.2) is 11.5 Å². The molecule has 0 spiro atoms. The van der Waals surface area contributed by atoms with Crippen LogP contribution in [0.5, 0.6) is 11.5 Å². The van der Waals surface area contributed by atoms with Gasteiger partial charge < -0.3 is 14.4 Å². The molecule has 1 atom stereocenters. The summed E-state index contributed by atoms with van der Waals surface area (Å²) in [6.07, 6.45) is 2.67. The number of carbonyl (C=O) groups is 1. The summed E-state index contributed by atoms with van der Waals surface area (Å²) in [4.78, 5) is 13.4. The third-order valence-electron chi connectivity index (χ3n) is 5.00. The summed E-state index contributed by atoms with van der Waals surface area (Å²) >= 11 is 0. The van der Waals surface area contributed by atoms with Crippen molar-refractivity contribution >= 4 is 6.41 Å². The first-order valence-corrected chi connectivity index (χ1v) is 7.85. The Kier molecular flexibility index (Phi) is 3.26. The first-order chi connectivity index (χ1) is 11.3. The number of rotatable bonds is 3. The molecular weight excluding hydrogens is 290 g/mol. The van der Waals surface area contributed by atoms with Crippen LogP contribution in [0, 0.1) is 0 Å². The maximum Gasteiger partial charge on any atom is 0.210 e. The van der Waals surface area contributed by atoms with Crippen molar-refractivity contribution in [2.24, 2.45) is 0 Å². The number of nitrogens with zero attached hydrogens (tertiary/aromatic N) is 1. The highest BCUT2D eigenvalue weighted by atomic mass is 16.5. The Morgan fingerprint density at radius 3 is 2.74 bits per heavy atom. The number of hydrogen-bond donors (Lipinski definition) is 0. The van der Waals surface area contributed by atoms with Crippen LogP contribution in [0.15, 0.2) is 30.3 Å². The maximum atomic E-state index is 11.5. The Morgan fingerprint density at radius 1 is 1.17 bits per heavy atom. The molecule has 1 aliphatic carbocycles. The number of hydrogen-bond acceptors (Lipinski definition) is 3. The number of carbonyl (C=O) groups excluding carboxylic acids is 1. The summed E-state index contributed by atoms with van der Waals surface area (Å²) in [5.74, 6) is 1.52. The molecule has 0 saturated carbocycles. The maximum absolute atomic E-state index is 11.5. The van der Waals surface area contributed by atoms with Crippen LogP contribution < -0.4 is 9.47 Å². The van der Waals surface area contributed by atoms with E-state index in [0.717, 1.165) is 42.9 Å². The van der Waals surface area contributed by atoms with E-state index >= 15 is 0 Å². The fourth-order valence-corrected chi connectivity index (χ4v) is 3.98. The van der Waals surface area contributed by atoms with Crippen LogP contribution in [-0.2, 0) is 17.6 Å². The first-order valence-electron chi connectivity index (χ1n) is 7.85. The number of fused-ring (bicyclic) bond motifs is 2. The molecule has 1 aliphatic heterocycles. The average molecular weight is 309 g/mol. The lowest BCUT2D eigenvalue weighted by Gasteiger charge is -2.40. The Morgan fingerprint density at radius 2 is 2.00 bits per heavy atom. The lowest BCUT2D eigenvalue weighted by Crippen LogP contribution is -2.37. The summed E-state index contributed by atoms with van der Waals surface area (Å²) in [6, 6.07) is 10.5. The van der Waals surface area contributed by atoms with E-state index in [1.54, 1.807) is 14.2 Å². The number of ether oxygens (including phenoxy) is 2. The van der Waals surface area contributed by atoms with E-state index in [1.807, 2.05) is 17.0 Å². The molecule has 4 nitrogen and oxygen atoms in total. The van der Waals surface area contributed by atoms with Crippen LogP contribution in [0.3, 0.4) is 0 Å². The summed E-state index contributed by atoms with van der Waals surface area (Å²) < 4.78 is 11.3. The molecule has 0 saturated heterocycles. The molecule has 0 radical (unpaired) electrons. The minimum atomic E-state index is 0.0842. The molecule has 0 bridgehead atoms.